The van der Waals surface area contributed by atoms with Gasteiger partial charge in [0, 0.05) is 0 Å². The van der Waals surface area contributed by atoms with Gasteiger partial charge in [0.1, 0.15) is 0 Å². The van der Waals surface area contributed by atoms with Crippen LogP contribution in [0.2, 0.25) is 0 Å². The van der Waals surface area contributed by atoms with Crippen molar-refractivity contribution in [1.82, 2.24) is 0 Å². The van der Waals surface area contributed by atoms with Crippen molar-refractivity contribution in [2.24, 2.45) is 0 Å². The first-order chi connectivity index (χ1) is 8.86. The third kappa shape index (κ3) is 1.93. The second-order valence-corrected chi connectivity index (χ2v) is 5.16. The standard InChI is InChI=1S/C16H13F3/c1-9-3-4-13-11(5-9)7-12-8-15(16(17,18)19)10(2)6-14(12)13/h3-6,8H,7H2,1-2H3. The Morgan fingerprint density at radius 2 is 1.58 bits per heavy atom. The maximum absolute atomic E-state index is 12.9. The van der Waals surface area contributed by atoms with Crippen LogP contribution in [0.4, 0.5) is 13.2 Å². The Kier molecular flexibility index (Phi) is 2.49. The van der Waals surface area contributed by atoms with Crippen LogP contribution in [0.25, 0.3) is 11.1 Å². The molecule has 0 saturated heterocycles. The lowest BCUT2D eigenvalue weighted by Gasteiger charge is -2.12. The molecular formula is C16H13F3. The molecule has 3 rings (SSSR count). The molecule has 0 saturated carbocycles. The average Bonchev–Trinajstić information content (AvgIpc) is 2.63. The maximum Gasteiger partial charge on any atom is 0.416 e. The third-order valence-corrected chi connectivity index (χ3v) is 3.69. The van der Waals surface area contributed by atoms with Crippen LogP contribution in [0.1, 0.15) is 27.8 Å². The zero-order valence-corrected chi connectivity index (χ0v) is 10.7. The molecule has 0 N–H and O–H groups in total. The van der Waals surface area contributed by atoms with Gasteiger partial charge >= 0.3 is 6.18 Å². The van der Waals surface area contributed by atoms with Crippen LogP contribution in [-0.2, 0) is 12.6 Å². The summed E-state index contributed by atoms with van der Waals surface area (Å²) in [7, 11) is 0. The number of fused-ring (bicyclic) bond motifs is 3. The number of alkyl halides is 3. The SMILES string of the molecule is Cc1ccc2c(c1)Cc1cc(C(F)(F)F)c(C)cc1-2. The van der Waals surface area contributed by atoms with Crippen molar-refractivity contribution in [2.45, 2.75) is 26.4 Å². The molecule has 0 fully saturated rings. The number of aryl methyl sites for hydroxylation is 2. The largest absolute Gasteiger partial charge is 0.416 e. The monoisotopic (exact) mass is 262 g/mol. The lowest BCUT2D eigenvalue weighted by Crippen LogP contribution is -2.08. The highest BCUT2D eigenvalue weighted by molar-refractivity contribution is 5.78. The Balaban J connectivity index is 2.19. The topological polar surface area (TPSA) is 0 Å². The van der Waals surface area contributed by atoms with Crippen LogP contribution >= 0.6 is 0 Å². The summed E-state index contributed by atoms with van der Waals surface area (Å²) >= 11 is 0. The molecule has 0 radical (unpaired) electrons. The van der Waals surface area contributed by atoms with E-state index >= 15 is 0 Å². The van der Waals surface area contributed by atoms with Crippen molar-refractivity contribution in [3.05, 3.63) is 58.1 Å². The minimum Gasteiger partial charge on any atom is -0.166 e. The van der Waals surface area contributed by atoms with Crippen LogP contribution in [-0.4, -0.2) is 0 Å². The van der Waals surface area contributed by atoms with Gasteiger partial charge in [0.15, 0.2) is 0 Å². The van der Waals surface area contributed by atoms with Crippen molar-refractivity contribution in [1.29, 1.82) is 0 Å². The minimum atomic E-state index is -4.27. The molecule has 0 unspecified atom stereocenters. The molecule has 98 valence electrons. The summed E-state index contributed by atoms with van der Waals surface area (Å²) in [6.45, 7) is 3.52. The second-order valence-electron chi connectivity index (χ2n) is 5.16. The van der Waals surface area contributed by atoms with Gasteiger partial charge in [-0.25, -0.2) is 0 Å². The Bertz CT molecular complexity index is 666. The quantitative estimate of drug-likeness (QED) is 0.541. The van der Waals surface area contributed by atoms with Gasteiger partial charge in [-0.2, -0.15) is 13.2 Å². The molecule has 0 aliphatic heterocycles. The molecule has 1 aliphatic carbocycles. The molecule has 1 aliphatic rings. The van der Waals surface area contributed by atoms with Gasteiger partial charge in [0.05, 0.1) is 5.56 Å². The zero-order valence-electron chi connectivity index (χ0n) is 10.7. The minimum absolute atomic E-state index is 0.291. The van der Waals surface area contributed by atoms with E-state index < -0.39 is 11.7 Å². The molecule has 0 aromatic heterocycles. The van der Waals surface area contributed by atoms with Gasteiger partial charge in [-0.05, 0) is 54.2 Å². The van der Waals surface area contributed by atoms with Gasteiger partial charge in [0.25, 0.3) is 0 Å². The number of halogens is 3. The highest BCUT2D eigenvalue weighted by atomic mass is 19.4. The van der Waals surface area contributed by atoms with Gasteiger partial charge in [0.2, 0.25) is 0 Å². The van der Waals surface area contributed by atoms with Gasteiger partial charge in [-0.15, -0.1) is 0 Å². The summed E-state index contributed by atoms with van der Waals surface area (Å²) < 4.78 is 38.7. The highest BCUT2D eigenvalue weighted by Crippen LogP contribution is 2.41. The Morgan fingerprint density at radius 1 is 0.895 bits per heavy atom. The Hall–Kier alpha value is -1.77. The lowest BCUT2D eigenvalue weighted by molar-refractivity contribution is -0.138. The van der Waals surface area contributed by atoms with Crippen molar-refractivity contribution >= 4 is 0 Å². The van der Waals surface area contributed by atoms with Crippen molar-refractivity contribution in [2.75, 3.05) is 0 Å². The number of rotatable bonds is 0. The van der Waals surface area contributed by atoms with E-state index in [0.29, 0.717) is 12.0 Å². The van der Waals surface area contributed by atoms with E-state index in [2.05, 4.69) is 6.07 Å². The van der Waals surface area contributed by atoms with E-state index in [1.165, 1.54) is 13.0 Å². The van der Waals surface area contributed by atoms with E-state index in [1.807, 2.05) is 19.1 Å². The first-order valence-electron chi connectivity index (χ1n) is 6.17. The molecule has 0 spiro atoms. The predicted molar refractivity (Wildman–Crippen MR) is 69.2 cm³/mol. The molecule has 0 atom stereocenters. The van der Waals surface area contributed by atoms with Crippen molar-refractivity contribution in [3.8, 4) is 11.1 Å². The summed E-state index contributed by atoms with van der Waals surface area (Å²) in [5, 5.41) is 0. The first kappa shape index (κ1) is 12.3. The van der Waals surface area contributed by atoms with Crippen LogP contribution in [0, 0.1) is 13.8 Å². The fraction of sp³-hybridized carbons (Fsp3) is 0.250. The Labute approximate surface area is 109 Å². The molecule has 19 heavy (non-hydrogen) atoms. The normalized spacial score (nSPS) is 13.3. The van der Waals surface area contributed by atoms with E-state index in [-0.39, 0.29) is 0 Å². The summed E-state index contributed by atoms with van der Waals surface area (Å²) in [6, 6.07) is 9.03. The molecule has 2 aromatic carbocycles. The fourth-order valence-electron chi connectivity index (χ4n) is 2.79. The lowest BCUT2D eigenvalue weighted by atomic mass is 9.98. The molecule has 0 amide bonds. The van der Waals surface area contributed by atoms with Crippen LogP contribution < -0.4 is 0 Å². The van der Waals surface area contributed by atoms with E-state index in [0.717, 1.165) is 27.8 Å². The number of hydrogen-bond acceptors (Lipinski definition) is 0. The summed E-state index contributed by atoms with van der Waals surface area (Å²) in [6.07, 6.45) is -3.68. The van der Waals surface area contributed by atoms with E-state index in [4.69, 9.17) is 0 Å². The van der Waals surface area contributed by atoms with Gasteiger partial charge in [-0.1, -0.05) is 29.8 Å². The maximum atomic E-state index is 12.9. The van der Waals surface area contributed by atoms with Crippen LogP contribution in [0.3, 0.4) is 0 Å². The molecule has 0 bridgehead atoms. The second kappa shape index (κ2) is 3.86. The molecule has 3 heteroatoms. The third-order valence-electron chi connectivity index (χ3n) is 3.69. The van der Waals surface area contributed by atoms with Gasteiger partial charge < -0.3 is 0 Å². The smallest absolute Gasteiger partial charge is 0.166 e. The molecular weight excluding hydrogens is 249 g/mol. The zero-order chi connectivity index (χ0) is 13.8. The number of benzene rings is 2. The Morgan fingerprint density at radius 3 is 2.26 bits per heavy atom. The average molecular weight is 262 g/mol. The first-order valence-corrected chi connectivity index (χ1v) is 6.17. The van der Waals surface area contributed by atoms with Crippen molar-refractivity contribution in [3.63, 3.8) is 0 Å². The van der Waals surface area contributed by atoms with E-state index in [1.54, 1.807) is 6.07 Å². The molecule has 2 aromatic rings. The molecule has 0 nitrogen and oxygen atoms in total. The van der Waals surface area contributed by atoms with Crippen LogP contribution in [0.5, 0.6) is 0 Å². The summed E-state index contributed by atoms with van der Waals surface area (Å²) in [4.78, 5) is 0. The highest BCUT2D eigenvalue weighted by Gasteiger charge is 2.34. The molecule has 0 heterocycles. The fourth-order valence-corrected chi connectivity index (χ4v) is 2.79. The van der Waals surface area contributed by atoms with Gasteiger partial charge in [-0.3, -0.25) is 0 Å². The summed E-state index contributed by atoms with van der Waals surface area (Å²) in [5.41, 5.74) is 4.82. The summed E-state index contributed by atoms with van der Waals surface area (Å²) in [5.74, 6) is 0. The van der Waals surface area contributed by atoms with E-state index in [9.17, 15) is 13.2 Å². The number of hydrogen-bond donors (Lipinski definition) is 0. The van der Waals surface area contributed by atoms with Crippen LogP contribution in [0.15, 0.2) is 30.3 Å². The van der Waals surface area contributed by atoms with Crippen molar-refractivity contribution < 1.29 is 13.2 Å². The predicted octanol–water partition coefficient (Wildman–Crippen LogP) is 4.89.